The number of ether oxygens (including phenoxy) is 1. The Hall–Kier alpha value is -0.930. The van der Waals surface area contributed by atoms with Crippen LogP contribution in [0.25, 0.3) is 0 Å². The number of halogens is 3. The molecule has 0 fully saturated rings. The predicted molar refractivity (Wildman–Crippen MR) is 87.4 cm³/mol. The molecule has 2 nitrogen and oxygen atoms in total. The van der Waals surface area contributed by atoms with Crippen LogP contribution in [0.1, 0.15) is 24.9 Å². The molecule has 20 heavy (non-hydrogen) atoms. The molecule has 0 aliphatic carbocycles. The SMILES string of the molecule is CC[C@H](N)c1ccc(Cl)c(Oc2ccccc2)c1Cl.Cl. The fraction of sp³-hybridized carbons (Fsp3) is 0.200. The van der Waals surface area contributed by atoms with Gasteiger partial charge in [-0.05, 0) is 30.2 Å². The van der Waals surface area contributed by atoms with E-state index in [4.69, 9.17) is 33.7 Å². The molecule has 0 radical (unpaired) electrons. The highest BCUT2D eigenvalue weighted by Gasteiger charge is 2.16. The van der Waals surface area contributed by atoms with Gasteiger partial charge in [0.1, 0.15) is 5.75 Å². The van der Waals surface area contributed by atoms with Crippen LogP contribution >= 0.6 is 35.6 Å². The van der Waals surface area contributed by atoms with Crippen molar-refractivity contribution in [1.82, 2.24) is 0 Å². The minimum Gasteiger partial charge on any atom is -0.454 e. The molecular weight excluding hydrogens is 317 g/mol. The Morgan fingerprint density at radius 1 is 1.10 bits per heavy atom. The van der Waals surface area contributed by atoms with Gasteiger partial charge in [-0.3, -0.25) is 0 Å². The lowest BCUT2D eigenvalue weighted by molar-refractivity contribution is 0.481. The fourth-order valence-corrected chi connectivity index (χ4v) is 2.34. The summed E-state index contributed by atoms with van der Waals surface area (Å²) in [5.41, 5.74) is 6.87. The van der Waals surface area contributed by atoms with E-state index in [2.05, 4.69) is 0 Å². The first kappa shape index (κ1) is 17.1. The second-order valence-electron chi connectivity index (χ2n) is 4.21. The molecule has 0 unspecified atom stereocenters. The van der Waals surface area contributed by atoms with E-state index in [9.17, 15) is 0 Å². The zero-order chi connectivity index (χ0) is 13.8. The van der Waals surface area contributed by atoms with Gasteiger partial charge in [-0.1, -0.05) is 54.4 Å². The van der Waals surface area contributed by atoms with E-state index in [0.29, 0.717) is 21.5 Å². The normalized spacial score (nSPS) is 11.6. The van der Waals surface area contributed by atoms with E-state index in [1.54, 1.807) is 6.07 Å². The number of hydrogen-bond donors (Lipinski definition) is 1. The number of nitrogens with two attached hydrogens (primary N) is 1. The monoisotopic (exact) mass is 331 g/mol. The van der Waals surface area contributed by atoms with E-state index in [1.165, 1.54) is 0 Å². The molecule has 0 aromatic heterocycles. The molecule has 0 amide bonds. The average molecular weight is 333 g/mol. The minimum absolute atomic E-state index is 0. The van der Waals surface area contributed by atoms with Gasteiger partial charge in [-0.25, -0.2) is 0 Å². The molecule has 1 atom stereocenters. The van der Waals surface area contributed by atoms with Gasteiger partial charge in [0.2, 0.25) is 0 Å². The number of rotatable bonds is 4. The second-order valence-corrected chi connectivity index (χ2v) is 4.99. The van der Waals surface area contributed by atoms with Crippen LogP contribution in [0.5, 0.6) is 11.5 Å². The van der Waals surface area contributed by atoms with E-state index >= 15 is 0 Å². The van der Waals surface area contributed by atoms with Crippen LogP contribution in [0.2, 0.25) is 10.0 Å². The maximum atomic E-state index is 6.35. The van der Waals surface area contributed by atoms with Gasteiger partial charge in [0, 0.05) is 6.04 Å². The van der Waals surface area contributed by atoms with Crippen LogP contribution in [0.15, 0.2) is 42.5 Å². The van der Waals surface area contributed by atoms with Crippen molar-refractivity contribution in [3.05, 3.63) is 58.1 Å². The van der Waals surface area contributed by atoms with E-state index < -0.39 is 0 Å². The minimum atomic E-state index is -0.122. The van der Waals surface area contributed by atoms with Crippen molar-refractivity contribution in [2.75, 3.05) is 0 Å². The molecule has 0 aliphatic heterocycles. The maximum absolute atomic E-state index is 6.35. The highest BCUT2D eigenvalue weighted by molar-refractivity contribution is 6.37. The molecular formula is C15H16Cl3NO. The predicted octanol–water partition coefficient (Wildman–Crippen LogP) is 5.62. The fourth-order valence-electron chi connectivity index (χ4n) is 1.75. The Bertz CT molecular complexity index is 561. The standard InChI is InChI=1S/C15H15Cl2NO.ClH/c1-2-13(18)11-8-9-12(16)15(14(11)17)19-10-6-4-3-5-7-10;/h3-9,13H,2,18H2,1H3;1H/t13-;/m0./s1. The molecule has 0 aliphatic rings. The average Bonchev–Trinajstić information content (AvgIpc) is 2.44. The summed E-state index contributed by atoms with van der Waals surface area (Å²) in [5.74, 6) is 1.14. The van der Waals surface area contributed by atoms with Crippen LogP contribution in [0, 0.1) is 0 Å². The van der Waals surface area contributed by atoms with Gasteiger partial charge in [-0.2, -0.15) is 0 Å². The number of hydrogen-bond acceptors (Lipinski definition) is 2. The largest absolute Gasteiger partial charge is 0.454 e. The van der Waals surface area contributed by atoms with Gasteiger partial charge in [0.25, 0.3) is 0 Å². The van der Waals surface area contributed by atoms with Gasteiger partial charge >= 0.3 is 0 Å². The van der Waals surface area contributed by atoms with Gasteiger partial charge in [-0.15, -0.1) is 12.4 Å². The topological polar surface area (TPSA) is 35.2 Å². The lowest BCUT2D eigenvalue weighted by Gasteiger charge is -2.16. The van der Waals surface area contributed by atoms with Gasteiger partial charge in [0.05, 0.1) is 10.0 Å². The van der Waals surface area contributed by atoms with Crippen molar-refractivity contribution < 1.29 is 4.74 Å². The lowest BCUT2D eigenvalue weighted by atomic mass is 10.1. The van der Waals surface area contributed by atoms with Gasteiger partial charge < -0.3 is 10.5 Å². The van der Waals surface area contributed by atoms with Crippen LogP contribution in [0.3, 0.4) is 0 Å². The van der Waals surface area contributed by atoms with Crippen molar-refractivity contribution in [1.29, 1.82) is 0 Å². The first-order valence-corrected chi connectivity index (χ1v) is 6.85. The van der Waals surface area contributed by atoms with Crippen molar-refractivity contribution in [2.24, 2.45) is 5.73 Å². The summed E-state index contributed by atoms with van der Waals surface area (Å²) in [6.07, 6.45) is 0.798. The molecule has 0 saturated carbocycles. The summed E-state index contributed by atoms with van der Waals surface area (Å²) in [5, 5.41) is 0.951. The Kier molecular flexibility index (Phi) is 6.63. The molecule has 2 aromatic carbocycles. The van der Waals surface area contributed by atoms with Crippen LogP contribution in [0.4, 0.5) is 0 Å². The maximum Gasteiger partial charge on any atom is 0.164 e. The Labute approximate surface area is 135 Å². The third kappa shape index (κ3) is 3.80. The molecule has 0 spiro atoms. The first-order chi connectivity index (χ1) is 9.13. The third-order valence-corrected chi connectivity index (χ3v) is 3.57. The van der Waals surface area contributed by atoms with E-state index in [1.807, 2.05) is 43.3 Å². The quantitative estimate of drug-likeness (QED) is 0.789. The summed E-state index contributed by atoms with van der Waals surface area (Å²) < 4.78 is 5.76. The molecule has 108 valence electrons. The summed E-state index contributed by atoms with van der Waals surface area (Å²) >= 11 is 12.5. The zero-order valence-electron chi connectivity index (χ0n) is 11.0. The third-order valence-electron chi connectivity index (χ3n) is 2.88. The van der Waals surface area contributed by atoms with E-state index in [-0.39, 0.29) is 18.4 Å². The molecule has 2 N–H and O–H groups in total. The Morgan fingerprint density at radius 3 is 2.35 bits per heavy atom. The number of benzene rings is 2. The highest BCUT2D eigenvalue weighted by atomic mass is 35.5. The van der Waals surface area contributed by atoms with E-state index in [0.717, 1.165) is 12.0 Å². The van der Waals surface area contributed by atoms with Crippen LogP contribution < -0.4 is 10.5 Å². The van der Waals surface area contributed by atoms with Crippen molar-refractivity contribution in [3.63, 3.8) is 0 Å². The molecule has 0 heterocycles. The zero-order valence-corrected chi connectivity index (χ0v) is 13.3. The van der Waals surface area contributed by atoms with Crippen molar-refractivity contribution in [3.8, 4) is 11.5 Å². The van der Waals surface area contributed by atoms with Crippen molar-refractivity contribution >= 4 is 35.6 Å². The summed E-state index contributed by atoms with van der Waals surface area (Å²) in [6.45, 7) is 2.01. The Morgan fingerprint density at radius 2 is 1.75 bits per heavy atom. The van der Waals surface area contributed by atoms with Crippen molar-refractivity contribution in [2.45, 2.75) is 19.4 Å². The summed E-state index contributed by atoms with van der Waals surface area (Å²) in [4.78, 5) is 0. The highest BCUT2D eigenvalue weighted by Crippen LogP contribution is 2.40. The molecule has 0 bridgehead atoms. The lowest BCUT2D eigenvalue weighted by Crippen LogP contribution is -2.09. The first-order valence-electron chi connectivity index (χ1n) is 6.09. The smallest absolute Gasteiger partial charge is 0.164 e. The molecule has 2 aromatic rings. The Balaban J connectivity index is 0.00000200. The second kappa shape index (κ2) is 7.75. The molecule has 2 rings (SSSR count). The molecule has 5 heteroatoms. The van der Waals surface area contributed by atoms with Gasteiger partial charge in [0.15, 0.2) is 5.75 Å². The molecule has 0 saturated heterocycles. The van der Waals surface area contributed by atoms with Crippen LogP contribution in [-0.2, 0) is 0 Å². The number of para-hydroxylation sites is 1. The summed E-state index contributed by atoms with van der Waals surface area (Å²) in [7, 11) is 0. The summed E-state index contributed by atoms with van der Waals surface area (Å²) in [6, 6.07) is 12.9. The van der Waals surface area contributed by atoms with Crippen LogP contribution in [-0.4, -0.2) is 0 Å².